The molecule has 0 radical (unpaired) electrons. The Bertz CT molecular complexity index is 486. The Morgan fingerprint density at radius 2 is 1.62 bits per heavy atom. The third kappa shape index (κ3) is 3.09. The summed E-state index contributed by atoms with van der Waals surface area (Å²) < 4.78 is 0. The molecule has 21 heavy (non-hydrogen) atoms. The molecule has 1 saturated carbocycles. The van der Waals surface area contributed by atoms with Gasteiger partial charge in [0.15, 0.2) is 0 Å². The monoisotopic (exact) mass is 294 g/mol. The van der Waals surface area contributed by atoms with Crippen LogP contribution < -0.4 is 10.6 Å². The number of aliphatic carboxylic acids is 1. The quantitative estimate of drug-likeness (QED) is 0.645. The summed E-state index contributed by atoms with van der Waals surface area (Å²) in [5.41, 5.74) is 0. The molecular formula is C15H22N2O4. The Kier molecular flexibility index (Phi) is 4.34. The molecule has 2 amide bonds. The zero-order valence-electron chi connectivity index (χ0n) is 12.5. The van der Waals surface area contributed by atoms with Crippen LogP contribution in [0.1, 0.15) is 27.2 Å². The van der Waals surface area contributed by atoms with Gasteiger partial charge < -0.3 is 15.7 Å². The fourth-order valence-electron chi connectivity index (χ4n) is 3.30. The Labute approximate surface area is 124 Å². The SMILES string of the molecule is CC(C)NC(=O)C(C)NC(=O)C1C2C=CC(C2)C1C(=O)O. The van der Waals surface area contributed by atoms with E-state index in [2.05, 4.69) is 10.6 Å². The predicted octanol–water partition coefficient (Wildman–Crippen LogP) is 0.539. The van der Waals surface area contributed by atoms with Crippen LogP contribution in [0.3, 0.4) is 0 Å². The van der Waals surface area contributed by atoms with Crippen LogP contribution in [-0.2, 0) is 14.4 Å². The molecule has 3 N–H and O–H groups in total. The van der Waals surface area contributed by atoms with E-state index in [1.807, 2.05) is 26.0 Å². The van der Waals surface area contributed by atoms with Crippen LogP contribution >= 0.6 is 0 Å². The van der Waals surface area contributed by atoms with E-state index in [4.69, 9.17) is 0 Å². The molecule has 0 aromatic heterocycles. The maximum atomic E-state index is 12.4. The van der Waals surface area contributed by atoms with Gasteiger partial charge in [-0.2, -0.15) is 0 Å². The van der Waals surface area contributed by atoms with Crippen molar-refractivity contribution >= 4 is 17.8 Å². The van der Waals surface area contributed by atoms with Crippen molar-refractivity contribution in [3.63, 3.8) is 0 Å². The van der Waals surface area contributed by atoms with E-state index >= 15 is 0 Å². The highest BCUT2D eigenvalue weighted by Gasteiger charge is 2.51. The number of carboxylic acids is 1. The number of carbonyl (C=O) groups excluding carboxylic acids is 2. The molecule has 0 spiro atoms. The standard InChI is InChI=1S/C15H22N2O4/c1-7(2)16-13(18)8(3)17-14(19)11-9-4-5-10(6-9)12(11)15(20)21/h4-5,7-12H,6H2,1-3H3,(H,16,18)(H,17,19)(H,20,21). The number of hydrogen-bond acceptors (Lipinski definition) is 3. The smallest absolute Gasteiger partial charge is 0.307 e. The fraction of sp³-hybridized carbons (Fsp3) is 0.667. The first-order valence-corrected chi connectivity index (χ1v) is 7.33. The van der Waals surface area contributed by atoms with Crippen molar-refractivity contribution in [3.05, 3.63) is 12.2 Å². The molecule has 0 aliphatic heterocycles. The van der Waals surface area contributed by atoms with Crippen molar-refractivity contribution in [3.8, 4) is 0 Å². The number of fused-ring (bicyclic) bond motifs is 2. The number of nitrogens with one attached hydrogen (secondary N) is 2. The minimum atomic E-state index is -0.939. The average Bonchev–Trinajstić information content (AvgIpc) is 2.97. The molecule has 0 aromatic rings. The minimum absolute atomic E-state index is 0.00551. The van der Waals surface area contributed by atoms with Crippen molar-refractivity contribution in [1.82, 2.24) is 10.6 Å². The van der Waals surface area contributed by atoms with Gasteiger partial charge in [0.05, 0.1) is 11.8 Å². The molecule has 5 atom stereocenters. The summed E-state index contributed by atoms with van der Waals surface area (Å²) in [7, 11) is 0. The number of hydrogen-bond donors (Lipinski definition) is 3. The van der Waals surface area contributed by atoms with Gasteiger partial charge in [-0.15, -0.1) is 0 Å². The molecule has 5 unspecified atom stereocenters. The molecule has 6 nitrogen and oxygen atoms in total. The topological polar surface area (TPSA) is 95.5 Å². The number of rotatable bonds is 5. The number of amides is 2. The summed E-state index contributed by atoms with van der Waals surface area (Å²) in [6, 6.07) is -0.675. The van der Waals surface area contributed by atoms with Gasteiger partial charge >= 0.3 is 5.97 Å². The summed E-state index contributed by atoms with van der Waals surface area (Å²) in [6.07, 6.45) is 4.52. The highest BCUT2D eigenvalue weighted by molar-refractivity contribution is 5.91. The molecule has 2 aliphatic carbocycles. The molecule has 2 aliphatic rings. The lowest BCUT2D eigenvalue weighted by Gasteiger charge is -2.25. The van der Waals surface area contributed by atoms with E-state index in [-0.39, 0.29) is 29.7 Å². The maximum absolute atomic E-state index is 12.4. The number of carboxylic acid groups (broad SMARTS) is 1. The zero-order chi connectivity index (χ0) is 15.7. The van der Waals surface area contributed by atoms with Gasteiger partial charge in [0.2, 0.25) is 11.8 Å². The molecule has 6 heteroatoms. The minimum Gasteiger partial charge on any atom is -0.481 e. The van der Waals surface area contributed by atoms with E-state index in [1.165, 1.54) is 0 Å². The lowest BCUT2D eigenvalue weighted by Crippen LogP contribution is -2.50. The molecule has 0 heterocycles. The number of carbonyl (C=O) groups is 3. The lowest BCUT2D eigenvalue weighted by atomic mass is 9.82. The normalized spacial score (nSPS) is 31.2. The first kappa shape index (κ1) is 15.5. The highest BCUT2D eigenvalue weighted by atomic mass is 16.4. The molecule has 1 fully saturated rings. The predicted molar refractivity (Wildman–Crippen MR) is 76.2 cm³/mol. The lowest BCUT2D eigenvalue weighted by molar-refractivity contribution is -0.148. The average molecular weight is 294 g/mol. The van der Waals surface area contributed by atoms with Gasteiger partial charge in [-0.05, 0) is 39.0 Å². The summed E-state index contributed by atoms with van der Waals surface area (Å²) in [5, 5.41) is 14.7. The van der Waals surface area contributed by atoms with Gasteiger partial charge in [-0.3, -0.25) is 14.4 Å². The van der Waals surface area contributed by atoms with Crippen LogP contribution in [0, 0.1) is 23.7 Å². The largest absolute Gasteiger partial charge is 0.481 e. The first-order chi connectivity index (χ1) is 9.81. The van der Waals surface area contributed by atoms with Crippen LogP contribution in [0.25, 0.3) is 0 Å². The van der Waals surface area contributed by atoms with E-state index in [0.29, 0.717) is 6.42 Å². The maximum Gasteiger partial charge on any atom is 0.307 e. The third-order valence-electron chi connectivity index (χ3n) is 4.23. The van der Waals surface area contributed by atoms with Crippen LogP contribution in [0.5, 0.6) is 0 Å². The van der Waals surface area contributed by atoms with Crippen molar-refractivity contribution in [2.24, 2.45) is 23.7 Å². The van der Waals surface area contributed by atoms with Gasteiger partial charge in [0.1, 0.15) is 6.04 Å². The Morgan fingerprint density at radius 1 is 1.05 bits per heavy atom. The zero-order valence-corrected chi connectivity index (χ0v) is 12.5. The Morgan fingerprint density at radius 3 is 2.14 bits per heavy atom. The second-order valence-electron chi connectivity index (χ2n) is 6.23. The van der Waals surface area contributed by atoms with E-state index < -0.39 is 23.8 Å². The van der Waals surface area contributed by atoms with Crippen molar-refractivity contribution in [2.75, 3.05) is 0 Å². The Balaban J connectivity index is 2.01. The molecule has 2 bridgehead atoms. The summed E-state index contributed by atoms with van der Waals surface area (Å²) in [5.74, 6) is -2.90. The van der Waals surface area contributed by atoms with E-state index in [1.54, 1.807) is 6.92 Å². The van der Waals surface area contributed by atoms with Gasteiger partial charge in [-0.1, -0.05) is 12.2 Å². The van der Waals surface area contributed by atoms with Gasteiger partial charge in [0, 0.05) is 6.04 Å². The van der Waals surface area contributed by atoms with E-state index in [9.17, 15) is 19.5 Å². The summed E-state index contributed by atoms with van der Waals surface area (Å²) in [6.45, 7) is 5.29. The van der Waals surface area contributed by atoms with Gasteiger partial charge in [-0.25, -0.2) is 0 Å². The molecule has 2 rings (SSSR count). The van der Waals surface area contributed by atoms with Crippen LogP contribution in [-0.4, -0.2) is 35.0 Å². The fourth-order valence-corrected chi connectivity index (χ4v) is 3.30. The third-order valence-corrected chi connectivity index (χ3v) is 4.23. The molecule has 0 aromatic carbocycles. The van der Waals surface area contributed by atoms with Crippen molar-refractivity contribution < 1.29 is 19.5 Å². The summed E-state index contributed by atoms with van der Waals surface area (Å²) >= 11 is 0. The first-order valence-electron chi connectivity index (χ1n) is 7.33. The van der Waals surface area contributed by atoms with Crippen molar-refractivity contribution in [1.29, 1.82) is 0 Å². The highest BCUT2D eigenvalue weighted by Crippen LogP contribution is 2.48. The Hall–Kier alpha value is -1.85. The molecule has 0 saturated heterocycles. The van der Waals surface area contributed by atoms with E-state index in [0.717, 1.165) is 0 Å². The summed E-state index contributed by atoms with van der Waals surface area (Å²) in [4.78, 5) is 35.6. The van der Waals surface area contributed by atoms with Crippen LogP contribution in [0.4, 0.5) is 0 Å². The van der Waals surface area contributed by atoms with Crippen molar-refractivity contribution in [2.45, 2.75) is 39.3 Å². The molecule has 116 valence electrons. The van der Waals surface area contributed by atoms with Crippen LogP contribution in [0.2, 0.25) is 0 Å². The second-order valence-corrected chi connectivity index (χ2v) is 6.23. The van der Waals surface area contributed by atoms with Crippen LogP contribution in [0.15, 0.2) is 12.2 Å². The molecular weight excluding hydrogens is 272 g/mol. The second kappa shape index (κ2) is 5.87. The number of allylic oxidation sites excluding steroid dienone is 2. The van der Waals surface area contributed by atoms with Gasteiger partial charge in [0.25, 0.3) is 0 Å².